The van der Waals surface area contributed by atoms with Crippen molar-refractivity contribution >= 4 is 21.8 Å². The zero-order valence-corrected chi connectivity index (χ0v) is 11.8. The Morgan fingerprint density at radius 3 is 2.78 bits per heavy atom. The van der Waals surface area contributed by atoms with E-state index in [2.05, 4.69) is 21.0 Å². The smallest absolute Gasteiger partial charge is 0.284 e. The van der Waals surface area contributed by atoms with E-state index in [1.54, 1.807) is 12.3 Å². The van der Waals surface area contributed by atoms with Crippen molar-refractivity contribution in [1.82, 2.24) is 9.78 Å². The van der Waals surface area contributed by atoms with Crippen LogP contribution in [0.2, 0.25) is 0 Å². The number of ether oxygens (including phenoxy) is 1. The van der Waals surface area contributed by atoms with Gasteiger partial charge in [0.2, 0.25) is 0 Å². The average Bonchev–Trinajstić information content (AvgIpc) is 2.77. The molecule has 0 aliphatic carbocycles. The molecule has 0 aliphatic heterocycles. The van der Waals surface area contributed by atoms with Crippen molar-refractivity contribution in [1.29, 1.82) is 0 Å². The molecule has 5 heteroatoms. The molecular formula is C13H13BrN2O2. The van der Waals surface area contributed by atoms with Crippen molar-refractivity contribution in [3.05, 3.63) is 46.2 Å². The van der Waals surface area contributed by atoms with Crippen molar-refractivity contribution in [3.8, 4) is 5.75 Å². The first-order valence-corrected chi connectivity index (χ1v) is 6.30. The number of hydrogen-bond acceptors (Lipinski definition) is 3. The van der Waals surface area contributed by atoms with E-state index in [-0.39, 0.29) is 12.5 Å². The summed E-state index contributed by atoms with van der Waals surface area (Å²) in [6, 6.07) is 7.37. The molecule has 0 radical (unpaired) electrons. The number of hydrogen-bond donors (Lipinski definition) is 0. The van der Waals surface area contributed by atoms with Gasteiger partial charge >= 0.3 is 0 Å². The van der Waals surface area contributed by atoms with E-state index in [1.165, 1.54) is 4.68 Å². The lowest BCUT2D eigenvalue weighted by molar-refractivity contribution is 0.0820. The summed E-state index contributed by atoms with van der Waals surface area (Å²) in [7, 11) is 0. The summed E-state index contributed by atoms with van der Waals surface area (Å²) in [5.74, 6) is 0.483. The molecule has 0 atom stereocenters. The fourth-order valence-electron chi connectivity index (χ4n) is 1.47. The topological polar surface area (TPSA) is 44.1 Å². The SMILES string of the molecule is Cc1ccn(C(=O)COc2ccc(Br)c(C)c2)n1. The van der Waals surface area contributed by atoms with Crippen LogP contribution < -0.4 is 4.74 Å². The second-order valence-electron chi connectivity index (χ2n) is 4.00. The lowest BCUT2D eigenvalue weighted by Gasteiger charge is -2.07. The number of aromatic nitrogens is 2. The summed E-state index contributed by atoms with van der Waals surface area (Å²) in [5, 5.41) is 4.03. The highest BCUT2D eigenvalue weighted by Crippen LogP contribution is 2.21. The summed E-state index contributed by atoms with van der Waals surface area (Å²) < 4.78 is 7.75. The number of carbonyl (C=O) groups excluding carboxylic acids is 1. The standard InChI is InChI=1S/C13H13BrN2O2/c1-9-7-11(3-4-12(9)14)18-8-13(17)16-6-5-10(2)15-16/h3-7H,8H2,1-2H3. The Labute approximate surface area is 114 Å². The number of benzene rings is 1. The highest BCUT2D eigenvalue weighted by Gasteiger charge is 2.07. The lowest BCUT2D eigenvalue weighted by Crippen LogP contribution is -2.19. The predicted octanol–water partition coefficient (Wildman–Crippen LogP) is 2.98. The fourth-order valence-corrected chi connectivity index (χ4v) is 1.72. The van der Waals surface area contributed by atoms with E-state index in [0.29, 0.717) is 5.75 Å². The molecule has 1 aromatic heterocycles. The maximum absolute atomic E-state index is 11.7. The van der Waals surface area contributed by atoms with Gasteiger partial charge in [-0.1, -0.05) is 15.9 Å². The lowest BCUT2D eigenvalue weighted by atomic mass is 10.2. The molecule has 4 nitrogen and oxygen atoms in total. The zero-order valence-electron chi connectivity index (χ0n) is 10.2. The number of carbonyl (C=O) groups is 1. The number of halogens is 1. The van der Waals surface area contributed by atoms with Gasteiger partial charge in [0.15, 0.2) is 6.61 Å². The van der Waals surface area contributed by atoms with Gasteiger partial charge < -0.3 is 4.74 Å². The average molecular weight is 309 g/mol. The summed E-state index contributed by atoms with van der Waals surface area (Å²) in [4.78, 5) is 11.7. The van der Waals surface area contributed by atoms with Crippen LogP contribution in [-0.2, 0) is 0 Å². The van der Waals surface area contributed by atoms with Crippen LogP contribution in [0.4, 0.5) is 0 Å². The second kappa shape index (κ2) is 5.35. The molecule has 0 spiro atoms. The van der Waals surface area contributed by atoms with Crippen LogP contribution in [0.25, 0.3) is 0 Å². The molecule has 94 valence electrons. The van der Waals surface area contributed by atoms with Crippen molar-refractivity contribution in [2.75, 3.05) is 6.61 Å². The Morgan fingerprint density at radius 1 is 1.39 bits per heavy atom. The van der Waals surface area contributed by atoms with Crippen LogP contribution >= 0.6 is 15.9 Å². The van der Waals surface area contributed by atoms with Gasteiger partial charge in [-0.3, -0.25) is 4.79 Å². The van der Waals surface area contributed by atoms with E-state index >= 15 is 0 Å². The van der Waals surface area contributed by atoms with Gasteiger partial charge in [0.25, 0.3) is 5.91 Å². The Balaban J connectivity index is 1.99. The third-order valence-corrected chi connectivity index (χ3v) is 3.36. The zero-order chi connectivity index (χ0) is 13.1. The van der Waals surface area contributed by atoms with Gasteiger partial charge in [-0.2, -0.15) is 5.10 Å². The molecule has 2 rings (SSSR count). The normalized spacial score (nSPS) is 10.4. The highest BCUT2D eigenvalue weighted by atomic mass is 79.9. The number of nitrogens with zero attached hydrogens (tertiary/aromatic N) is 2. The van der Waals surface area contributed by atoms with Gasteiger partial charge in [0.1, 0.15) is 5.75 Å². The maximum Gasteiger partial charge on any atom is 0.284 e. The summed E-state index contributed by atoms with van der Waals surface area (Å²) in [6.45, 7) is 3.78. The molecule has 1 aromatic carbocycles. The van der Waals surface area contributed by atoms with Gasteiger partial charge in [0.05, 0.1) is 5.69 Å². The second-order valence-corrected chi connectivity index (χ2v) is 4.85. The van der Waals surface area contributed by atoms with E-state index in [1.807, 2.05) is 32.0 Å². The molecule has 0 saturated carbocycles. The molecule has 0 saturated heterocycles. The van der Waals surface area contributed by atoms with E-state index in [0.717, 1.165) is 15.7 Å². The third-order valence-electron chi connectivity index (χ3n) is 2.47. The summed E-state index contributed by atoms with van der Waals surface area (Å²) in [5.41, 5.74) is 1.87. The van der Waals surface area contributed by atoms with Gasteiger partial charge in [-0.05, 0) is 43.7 Å². The van der Waals surface area contributed by atoms with Crippen LogP contribution in [-0.4, -0.2) is 22.3 Å². The first-order valence-electron chi connectivity index (χ1n) is 5.50. The largest absolute Gasteiger partial charge is 0.484 e. The van der Waals surface area contributed by atoms with Crippen LogP contribution in [0.1, 0.15) is 16.1 Å². The summed E-state index contributed by atoms with van der Waals surface area (Å²) >= 11 is 3.41. The van der Waals surface area contributed by atoms with E-state index in [4.69, 9.17) is 4.74 Å². The molecule has 0 unspecified atom stereocenters. The molecule has 0 aliphatic rings. The Bertz CT molecular complexity index is 578. The number of rotatable bonds is 3. The monoisotopic (exact) mass is 308 g/mol. The fraction of sp³-hybridized carbons (Fsp3) is 0.231. The molecular weight excluding hydrogens is 296 g/mol. The molecule has 1 heterocycles. The van der Waals surface area contributed by atoms with E-state index in [9.17, 15) is 4.79 Å². The quantitative estimate of drug-likeness (QED) is 0.875. The Hall–Kier alpha value is -1.62. The minimum Gasteiger partial charge on any atom is -0.484 e. The Morgan fingerprint density at radius 2 is 2.17 bits per heavy atom. The first-order chi connectivity index (χ1) is 8.56. The number of aryl methyl sites for hydroxylation is 2. The van der Waals surface area contributed by atoms with Crippen LogP contribution in [0.5, 0.6) is 5.75 Å². The van der Waals surface area contributed by atoms with Crippen molar-refractivity contribution in [3.63, 3.8) is 0 Å². The van der Waals surface area contributed by atoms with Crippen LogP contribution in [0, 0.1) is 13.8 Å². The van der Waals surface area contributed by atoms with Gasteiger partial charge in [0, 0.05) is 10.7 Å². The van der Waals surface area contributed by atoms with Crippen molar-refractivity contribution in [2.45, 2.75) is 13.8 Å². The minimum absolute atomic E-state index is 0.0256. The molecule has 0 bridgehead atoms. The maximum atomic E-state index is 11.7. The van der Waals surface area contributed by atoms with Crippen molar-refractivity contribution in [2.24, 2.45) is 0 Å². The van der Waals surface area contributed by atoms with Gasteiger partial charge in [-0.25, -0.2) is 4.68 Å². The molecule has 0 N–H and O–H groups in total. The van der Waals surface area contributed by atoms with Crippen molar-refractivity contribution < 1.29 is 9.53 Å². The molecule has 18 heavy (non-hydrogen) atoms. The predicted molar refractivity (Wildman–Crippen MR) is 72.0 cm³/mol. The Kier molecular flexibility index (Phi) is 3.81. The summed E-state index contributed by atoms with van der Waals surface area (Å²) in [6.07, 6.45) is 1.63. The minimum atomic E-state index is -0.191. The highest BCUT2D eigenvalue weighted by molar-refractivity contribution is 9.10. The molecule has 2 aromatic rings. The van der Waals surface area contributed by atoms with Gasteiger partial charge in [-0.15, -0.1) is 0 Å². The third kappa shape index (κ3) is 2.98. The van der Waals surface area contributed by atoms with E-state index < -0.39 is 0 Å². The molecule has 0 fully saturated rings. The van der Waals surface area contributed by atoms with Crippen LogP contribution in [0.15, 0.2) is 34.9 Å². The first kappa shape index (κ1) is 12.8. The van der Waals surface area contributed by atoms with Crippen LogP contribution in [0.3, 0.4) is 0 Å². The molecule has 0 amide bonds.